The molecular weight excluding hydrogens is 108 g/mol. The first-order valence-corrected chi connectivity index (χ1v) is 2.07. The summed E-state index contributed by atoms with van der Waals surface area (Å²) in [6, 6.07) is 0. The van der Waals surface area contributed by atoms with Gasteiger partial charge in [-0.2, -0.15) is 0 Å². The molecule has 0 rings (SSSR count). The van der Waals surface area contributed by atoms with E-state index < -0.39 is 0 Å². The van der Waals surface area contributed by atoms with Crippen LogP contribution < -0.4 is 0 Å². The molecule has 0 N–H and O–H groups in total. The van der Waals surface area contributed by atoms with Crippen LogP contribution in [0.2, 0.25) is 0 Å². The summed E-state index contributed by atoms with van der Waals surface area (Å²) >= 11 is 5.53. The molecule has 36 valence electrons. The molecule has 0 aromatic carbocycles. The smallest absolute Gasteiger partial charge is 1.00 e. The molecule has 2 heteroatoms. The minimum atomic E-state index is -0.0278. The Morgan fingerprint density at radius 1 is 1.33 bits per heavy atom. The Hall–Kier alpha value is 1.06. The molecule has 0 unspecified atom stereocenters. The van der Waals surface area contributed by atoms with E-state index in [-0.39, 0.29) is 30.8 Å². The van der Waals surface area contributed by atoms with Crippen molar-refractivity contribution in [2.45, 2.75) is 25.6 Å². The van der Waals surface area contributed by atoms with Crippen LogP contribution in [0.25, 0.3) is 0 Å². The Labute approximate surface area is 63.4 Å². The van der Waals surface area contributed by atoms with Crippen molar-refractivity contribution in [1.82, 2.24) is 0 Å². The summed E-state index contributed by atoms with van der Waals surface area (Å²) in [4.78, 5) is -0.0278. The molecule has 0 heterocycles. The molecule has 0 aliphatic heterocycles. The largest absolute Gasteiger partial charge is 2.00 e. The van der Waals surface area contributed by atoms with Gasteiger partial charge in [-0.15, -0.1) is 11.6 Å². The van der Waals surface area contributed by atoms with Crippen LogP contribution in [-0.2, 0) is 0 Å². The topological polar surface area (TPSA) is 0 Å². The van der Waals surface area contributed by atoms with E-state index in [2.05, 4.69) is 0 Å². The molecule has 0 aromatic rings. The minimum absolute atomic E-state index is 0. The van der Waals surface area contributed by atoms with Gasteiger partial charge in [0.05, 0.1) is 0 Å². The number of alkyl halides is 1. The predicted molar refractivity (Wildman–Crippen MR) is 33.6 cm³/mol. The van der Waals surface area contributed by atoms with Gasteiger partial charge in [-0.05, 0) is 20.8 Å². The maximum Gasteiger partial charge on any atom is 2.00 e. The Morgan fingerprint density at radius 3 is 1.33 bits per heavy atom. The second kappa shape index (κ2) is 3.11. The van der Waals surface area contributed by atoms with E-state index >= 15 is 0 Å². The number of hydrogen-bond acceptors (Lipinski definition) is 0. The van der Waals surface area contributed by atoms with Crippen molar-refractivity contribution in [1.29, 1.82) is 0 Å². The molecule has 0 saturated carbocycles. The molecule has 0 amide bonds. The standard InChI is InChI=1S/C4H9Cl.Mg.2H/c1-4(2,3)5;;;/h1-3H3;;;/q;+2;2*-1. The Bertz CT molecular complexity index is 29.5. The van der Waals surface area contributed by atoms with Gasteiger partial charge in [0, 0.05) is 4.87 Å². The molecule has 0 spiro atoms. The summed E-state index contributed by atoms with van der Waals surface area (Å²) in [5.41, 5.74) is 0. The number of hydrogen-bond donors (Lipinski definition) is 0. The Kier molecular flexibility index (Phi) is 5.25. The average molecular weight is 119 g/mol. The van der Waals surface area contributed by atoms with Crippen LogP contribution in [0.15, 0.2) is 0 Å². The number of rotatable bonds is 0. The summed E-state index contributed by atoms with van der Waals surface area (Å²) in [7, 11) is 0. The van der Waals surface area contributed by atoms with Gasteiger partial charge in [0.2, 0.25) is 0 Å². The van der Waals surface area contributed by atoms with E-state index in [1.807, 2.05) is 20.8 Å². The molecule has 0 bridgehead atoms. The van der Waals surface area contributed by atoms with E-state index in [0.717, 1.165) is 0 Å². The molecule has 0 saturated heterocycles. The van der Waals surface area contributed by atoms with Crippen molar-refractivity contribution < 1.29 is 2.85 Å². The SMILES string of the molecule is CC(C)(C)Cl.[H-].[H-].[Mg+2]. The second-order valence-corrected chi connectivity index (χ2v) is 3.20. The van der Waals surface area contributed by atoms with Crippen LogP contribution >= 0.6 is 11.6 Å². The summed E-state index contributed by atoms with van der Waals surface area (Å²) < 4.78 is 0. The zero-order valence-corrected chi connectivity index (χ0v) is 6.76. The van der Waals surface area contributed by atoms with Crippen molar-refractivity contribution in [2.24, 2.45) is 0 Å². The fourth-order valence-corrected chi connectivity index (χ4v) is 0. The number of halogens is 1. The molecule has 0 aliphatic carbocycles. The summed E-state index contributed by atoms with van der Waals surface area (Å²) in [5, 5.41) is 0. The van der Waals surface area contributed by atoms with Gasteiger partial charge >= 0.3 is 23.1 Å². The third-order valence-corrected chi connectivity index (χ3v) is 0. The Morgan fingerprint density at radius 2 is 1.33 bits per heavy atom. The van der Waals surface area contributed by atoms with Gasteiger partial charge in [-0.1, -0.05) is 0 Å². The molecule has 0 aliphatic rings. The van der Waals surface area contributed by atoms with E-state index in [1.54, 1.807) is 0 Å². The van der Waals surface area contributed by atoms with E-state index in [0.29, 0.717) is 0 Å². The average Bonchev–Trinajstić information content (AvgIpc) is 0.722. The quantitative estimate of drug-likeness (QED) is 0.337. The first-order chi connectivity index (χ1) is 2.00. The molecule has 0 radical (unpaired) electrons. The van der Waals surface area contributed by atoms with Gasteiger partial charge in [0.15, 0.2) is 0 Å². The van der Waals surface area contributed by atoms with Gasteiger partial charge in [-0.25, -0.2) is 0 Å². The zero-order chi connectivity index (χ0) is 4.50. The minimum Gasteiger partial charge on any atom is -1.00 e. The predicted octanol–water partition coefficient (Wildman–Crippen LogP) is 1.87. The third kappa shape index (κ3) is 74.6. The maximum absolute atomic E-state index is 5.53. The maximum atomic E-state index is 5.53. The van der Waals surface area contributed by atoms with Crippen molar-refractivity contribution in [3.8, 4) is 0 Å². The first-order valence-electron chi connectivity index (χ1n) is 1.69. The van der Waals surface area contributed by atoms with E-state index in [1.165, 1.54) is 0 Å². The zero-order valence-electron chi connectivity index (χ0n) is 6.59. The van der Waals surface area contributed by atoms with Gasteiger partial charge in [0.25, 0.3) is 0 Å². The summed E-state index contributed by atoms with van der Waals surface area (Å²) in [5.74, 6) is 0. The summed E-state index contributed by atoms with van der Waals surface area (Å²) in [6.45, 7) is 5.86. The van der Waals surface area contributed by atoms with Crippen LogP contribution in [0, 0.1) is 0 Å². The fraction of sp³-hybridized carbons (Fsp3) is 1.00. The van der Waals surface area contributed by atoms with Crippen molar-refractivity contribution >= 4 is 34.7 Å². The normalized spacial score (nSPS) is 10.0. The van der Waals surface area contributed by atoms with Crippen molar-refractivity contribution in [2.75, 3.05) is 0 Å². The summed E-state index contributed by atoms with van der Waals surface area (Å²) in [6.07, 6.45) is 0. The van der Waals surface area contributed by atoms with Crippen LogP contribution in [0.4, 0.5) is 0 Å². The molecule has 0 nitrogen and oxygen atoms in total. The molecular formula is C4H11ClMg. The van der Waals surface area contributed by atoms with Crippen molar-refractivity contribution in [3.05, 3.63) is 0 Å². The van der Waals surface area contributed by atoms with E-state index in [4.69, 9.17) is 11.6 Å². The fourth-order valence-electron chi connectivity index (χ4n) is 0. The Balaban J connectivity index is -0.0000000267. The third-order valence-electron chi connectivity index (χ3n) is 0. The van der Waals surface area contributed by atoms with Crippen LogP contribution in [0.5, 0.6) is 0 Å². The second-order valence-electron chi connectivity index (χ2n) is 2.07. The van der Waals surface area contributed by atoms with Crippen molar-refractivity contribution in [3.63, 3.8) is 0 Å². The van der Waals surface area contributed by atoms with E-state index in [9.17, 15) is 0 Å². The molecule has 0 atom stereocenters. The van der Waals surface area contributed by atoms with Crippen LogP contribution in [0.1, 0.15) is 23.6 Å². The monoisotopic (exact) mass is 118 g/mol. The van der Waals surface area contributed by atoms with Gasteiger partial charge in [-0.3, -0.25) is 0 Å². The van der Waals surface area contributed by atoms with Crippen LogP contribution in [0.3, 0.4) is 0 Å². The van der Waals surface area contributed by atoms with Gasteiger partial charge in [0.1, 0.15) is 0 Å². The first kappa shape index (κ1) is 10.1. The molecule has 0 aromatic heterocycles. The van der Waals surface area contributed by atoms with Gasteiger partial charge < -0.3 is 2.85 Å². The molecule has 6 heavy (non-hydrogen) atoms. The molecule has 0 fully saturated rings. The van der Waals surface area contributed by atoms with Crippen LogP contribution in [-0.4, -0.2) is 27.9 Å².